The van der Waals surface area contributed by atoms with Gasteiger partial charge in [0.25, 0.3) is 0 Å². The molecule has 2 nitrogen and oxygen atoms in total. The minimum absolute atomic E-state index is 0.800. The topological polar surface area (TPSA) is 52.0 Å². The Kier molecular flexibility index (Phi) is 13.2. The van der Waals surface area contributed by atoms with E-state index in [4.69, 9.17) is 11.5 Å². The van der Waals surface area contributed by atoms with Crippen molar-refractivity contribution in [3.05, 3.63) is 0 Å². The van der Waals surface area contributed by atoms with Gasteiger partial charge in [0.05, 0.1) is 0 Å². The first-order chi connectivity index (χ1) is 6.41. The molecule has 4 N–H and O–H groups in total. The second-order valence-corrected chi connectivity index (χ2v) is 5.69. The molecule has 0 aliphatic heterocycles. The van der Waals surface area contributed by atoms with Crippen LogP contribution in [0.4, 0.5) is 0 Å². The smallest absolute Gasteiger partial charge is 0.0160 e. The van der Waals surface area contributed by atoms with E-state index < -0.39 is 0 Å². The van der Waals surface area contributed by atoms with Crippen LogP contribution in [0.3, 0.4) is 0 Å². The summed E-state index contributed by atoms with van der Waals surface area (Å²) in [5, 5.41) is 0. The molecule has 0 radical (unpaired) electrons. The molecule has 0 bridgehead atoms. The van der Waals surface area contributed by atoms with Crippen molar-refractivity contribution in [2.45, 2.75) is 32.1 Å². The fourth-order valence-corrected chi connectivity index (χ4v) is 3.00. The molecule has 0 aromatic carbocycles. The molecule has 0 spiro atoms. The molecule has 0 aromatic rings. The van der Waals surface area contributed by atoms with Crippen LogP contribution < -0.4 is 11.5 Å². The maximum absolute atomic E-state index is 5.40. The highest BCUT2D eigenvalue weighted by Crippen LogP contribution is 2.21. The van der Waals surface area contributed by atoms with Crippen LogP contribution >= 0.6 is 21.6 Å². The van der Waals surface area contributed by atoms with E-state index >= 15 is 0 Å². The number of nitrogens with two attached hydrogens (primary N) is 2. The van der Waals surface area contributed by atoms with Gasteiger partial charge >= 0.3 is 0 Å². The van der Waals surface area contributed by atoms with Gasteiger partial charge in [0.1, 0.15) is 0 Å². The minimum Gasteiger partial charge on any atom is -0.330 e. The van der Waals surface area contributed by atoms with Gasteiger partial charge in [0, 0.05) is 18.1 Å². The SMILES string of the molecule is NCCCCCCCSSCCN. The third-order valence-electron chi connectivity index (χ3n) is 1.72. The van der Waals surface area contributed by atoms with Crippen molar-refractivity contribution in [2.75, 3.05) is 24.6 Å². The summed E-state index contributed by atoms with van der Waals surface area (Å²) in [5.74, 6) is 2.35. The van der Waals surface area contributed by atoms with Gasteiger partial charge in [-0.2, -0.15) is 0 Å². The predicted molar refractivity (Wildman–Crippen MR) is 66.1 cm³/mol. The monoisotopic (exact) mass is 222 g/mol. The summed E-state index contributed by atoms with van der Waals surface area (Å²) in [6, 6.07) is 0. The molecular formula is C9H22N2S2. The fourth-order valence-electron chi connectivity index (χ4n) is 1.00. The Morgan fingerprint density at radius 2 is 1.23 bits per heavy atom. The lowest BCUT2D eigenvalue weighted by molar-refractivity contribution is 0.641. The van der Waals surface area contributed by atoms with E-state index in [0.29, 0.717) is 0 Å². The molecule has 0 aliphatic rings. The highest BCUT2D eigenvalue weighted by molar-refractivity contribution is 8.76. The number of unbranched alkanes of at least 4 members (excludes halogenated alkanes) is 4. The van der Waals surface area contributed by atoms with Crippen LogP contribution in [0.15, 0.2) is 0 Å². The molecule has 0 rings (SSSR count). The lowest BCUT2D eigenvalue weighted by Gasteiger charge is -2.00. The first-order valence-corrected chi connectivity index (χ1v) is 7.55. The first-order valence-electron chi connectivity index (χ1n) is 5.06. The van der Waals surface area contributed by atoms with E-state index in [1.165, 1.54) is 37.9 Å². The van der Waals surface area contributed by atoms with Gasteiger partial charge in [-0.15, -0.1) is 0 Å². The normalized spacial score (nSPS) is 10.6. The molecule has 13 heavy (non-hydrogen) atoms. The lowest BCUT2D eigenvalue weighted by atomic mass is 10.2. The van der Waals surface area contributed by atoms with Crippen LogP contribution in [-0.4, -0.2) is 24.6 Å². The van der Waals surface area contributed by atoms with Crippen molar-refractivity contribution in [2.24, 2.45) is 11.5 Å². The Bertz CT molecular complexity index is 81.7. The Labute approximate surface area is 90.0 Å². The number of hydrogen-bond donors (Lipinski definition) is 2. The maximum Gasteiger partial charge on any atom is 0.0160 e. The van der Waals surface area contributed by atoms with Crippen LogP contribution in [0.2, 0.25) is 0 Å². The lowest BCUT2D eigenvalue weighted by Crippen LogP contribution is -1.99. The van der Waals surface area contributed by atoms with Crippen molar-refractivity contribution in [3.63, 3.8) is 0 Å². The average molecular weight is 222 g/mol. The molecule has 0 saturated heterocycles. The number of hydrogen-bond acceptors (Lipinski definition) is 4. The summed E-state index contributed by atoms with van der Waals surface area (Å²) in [7, 11) is 3.85. The van der Waals surface area contributed by atoms with Crippen molar-refractivity contribution in [3.8, 4) is 0 Å². The zero-order valence-corrected chi connectivity index (χ0v) is 9.97. The van der Waals surface area contributed by atoms with Crippen molar-refractivity contribution in [1.82, 2.24) is 0 Å². The van der Waals surface area contributed by atoms with Crippen LogP contribution in [-0.2, 0) is 0 Å². The van der Waals surface area contributed by atoms with Gasteiger partial charge < -0.3 is 11.5 Å². The molecule has 4 heteroatoms. The second kappa shape index (κ2) is 12.6. The standard InChI is InChI=1S/C9H22N2S2/c10-6-4-2-1-3-5-8-12-13-9-7-11/h1-11H2. The molecule has 0 unspecified atom stereocenters. The summed E-state index contributed by atoms with van der Waals surface area (Å²) >= 11 is 0. The molecule has 80 valence electrons. The average Bonchev–Trinajstić information content (AvgIpc) is 2.16. The molecule has 0 aromatic heterocycles. The summed E-state index contributed by atoms with van der Waals surface area (Å²) in [6.45, 7) is 1.65. The van der Waals surface area contributed by atoms with Crippen LogP contribution in [0.1, 0.15) is 32.1 Å². The van der Waals surface area contributed by atoms with Gasteiger partial charge in [-0.05, 0) is 19.4 Å². The van der Waals surface area contributed by atoms with Gasteiger partial charge in [-0.25, -0.2) is 0 Å². The van der Waals surface area contributed by atoms with Gasteiger partial charge in [-0.3, -0.25) is 0 Å². The minimum atomic E-state index is 0.800. The van der Waals surface area contributed by atoms with E-state index in [9.17, 15) is 0 Å². The maximum atomic E-state index is 5.40. The molecule has 0 saturated carbocycles. The highest BCUT2D eigenvalue weighted by Gasteiger charge is 1.91. The van der Waals surface area contributed by atoms with Gasteiger partial charge in [-0.1, -0.05) is 40.9 Å². The second-order valence-electron chi connectivity index (χ2n) is 2.99. The van der Waals surface area contributed by atoms with E-state index in [1.54, 1.807) is 0 Å². The summed E-state index contributed by atoms with van der Waals surface area (Å²) in [4.78, 5) is 0. The van der Waals surface area contributed by atoms with E-state index in [1.807, 2.05) is 21.6 Å². The summed E-state index contributed by atoms with van der Waals surface area (Å²) < 4.78 is 0. The fraction of sp³-hybridized carbons (Fsp3) is 1.00. The molecule has 0 fully saturated rings. The number of rotatable bonds is 10. The Morgan fingerprint density at radius 3 is 1.92 bits per heavy atom. The zero-order chi connectivity index (χ0) is 9.78. The van der Waals surface area contributed by atoms with E-state index in [2.05, 4.69) is 0 Å². The quantitative estimate of drug-likeness (QED) is 0.440. The van der Waals surface area contributed by atoms with Crippen molar-refractivity contribution >= 4 is 21.6 Å². The third-order valence-corrected chi connectivity index (χ3v) is 4.24. The van der Waals surface area contributed by atoms with E-state index in [-0.39, 0.29) is 0 Å². The van der Waals surface area contributed by atoms with Crippen LogP contribution in [0.25, 0.3) is 0 Å². The zero-order valence-electron chi connectivity index (χ0n) is 8.34. The van der Waals surface area contributed by atoms with Crippen molar-refractivity contribution < 1.29 is 0 Å². The Morgan fingerprint density at radius 1 is 0.615 bits per heavy atom. The van der Waals surface area contributed by atoms with Gasteiger partial charge in [0.15, 0.2) is 0 Å². The molecule has 0 heterocycles. The van der Waals surface area contributed by atoms with E-state index in [0.717, 1.165) is 18.8 Å². The summed E-state index contributed by atoms with van der Waals surface area (Å²) in [5.41, 5.74) is 10.8. The predicted octanol–water partition coefficient (Wildman–Crippen LogP) is 2.24. The summed E-state index contributed by atoms with van der Waals surface area (Å²) in [6.07, 6.45) is 6.54. The van der Waals surface area contributed by atoms with Crippen molar-refractivity contribution in [1.29, 1.82) is 0 Å². The largest absolute Gasteiger partial charge is 0.330 e. The Balaban J connectivity index is 2.76. The first kappa shape index (κ1) is 13.6. The Hall–Kier alpha value is 0.620. The molecule has 0 amide bonds. The van der Waals surface area contributed by atoms with Crippen LogP contribution in [0, 0.1) is 0 Å². The van der Waals surface area contributed by atoms with Crippen LogP contribution in [0.5, 0.6) is 0 Å². The third kappa shape index (κ3) is 12.6. The molecular weight excluding hydrogens is 200 g/mol. The van der Waals surface area contributed by atoms with Gasteiger partial charge in [0.2, 0.25) is 0 Å². The molecule has 0 atom stereocenters. The highest BCUT2D eigenvalue weighted by atomic mass is 33.1. The molecule has 0 aliphatic carbocycles.